The molecule has 1 aliphatic carbocycles. The minimum atomic E-state index is 0.0176. The van der Waals surface area contributed by atoms with Crippen LogP contribution < -0.4 is 5.32 Å². The van der Waals surface area contributed by atoms with Crippen molar-refractivity contribution in [1.29, 1.82) is 10.8 Å². The molecule has 1 saturated carbocycles. The molecule has 0 aliphatic heterocycles. The maximum atomic E-state index is 13.2. The molecule has 37 heavy (non-hydrogen) atoms. The molecule has 3 atom stereocenters. The summed E-state index contributed by atoms with van der Waals surface area (Å²) >= 11 is 1.82. The molecule has 1 amide bonds. The van der Waals surface area contributed by atoms with Crippen LogP contribution in [0.2, 0.25) is 0 Å². The number of nitrogens with one attached hydrogen (secondary N) is 3. The zero-order valence-electron chi connectivity index (χ0n) is 24.1. The smallest absolute Gasteiger partial charge is 0.223 e. The Kier molecular flexibility index (Phi) is 13.0. The Hall–Kier alpha value is -1.99. The van der Waals surface area contributed by atoms with E-state index >= 15 is 0 Å². The SMILES string of the molecule is C=CC(CC(CC)N(C(C)=N)C(=N)C(C)C)N(C)CCC(NC(=O)C1CCCCC1)c1ccc(CC)s1. The van der Waals surface area contributed by atoms with Crippen LogP contribution in [-0.4, -0.2) is 53.1 Å². The van der Waals surface area contributed by atoms with Crippen LogP contribution in [0.25, 0.3) is 0 Å². The van der Waals surface area contributed by atoms with Crippen LogP contribution >= 0.6 is 11.3 Å². The second-order valence-electron chi connectivity index (χ2n) is 10.9. The van der Waals surface area contributed by atoms with Gasteiger partial charge in [-0.2, -0.15) is 0 Å². The first kappa shape index (κ1) is 31.2. The number of hydrogen-bond donors (Lipinski definition) is 3. The maximum absolute atomic E-state index is 13.2. The number of likely N-dealkylation sites (N-methyl/N-ethyl adjacent to an activating group) is 1. The molecule has 1 heterocycles. The highest BCUT2D eigenvalue weighted by atomic mass is 32.1. The fourth-order valence-corrected chi connectivity index (χ4v) is 6.37. The summed E-state index contributed by atoms with van der Waals surface area (Å²) in [6.45, 7) is 15.1. The van der Waals surface area contributed by atoms with E-state index in [9.17, 15) is 4.79 Å². The summed E-state index contributed by atoms with van der Waals surface area (Å²) in [6, 6.07) is 4.60. The summed E-state index contributed by atoms with van der Waals surface area (Å²) in [4.78, 5) is 20.0. The molecular weight excluding hydrogens is 478 g/mol. The van der Waals surface area contributed by atoms with Gasteiger partial charge in [-0.3, -0.25) is 20.5 Å². The average molecular weight is 530 g/mol. The van der Waals surface area contributed by atoms with E-state index in [1.807, 2.05) is 36.2 Å². The molecule has 3 N–H and O–H groups in total. The monoisotopic (exact) mass is 529 g/mol. The lowest BCUT2D eigenvalue weighted by atomic mass is 9.88. The molecule has 1 aliphatic rings. The van der Waals surface area contributed by atoms with Crippen LogP contribution in [0.5, 0.6) is 0 Å². The molecule has 0 bridgehead atoms. The molecular formula is C30H51N5OS. The van der Waals surface area contributed by atoms with Crippen LogP contribution in [0.15, 0.2) is 24.8 Å². The highest BCUT2D eigenvalue weighted by Gasteiger charge is 2.28. The van der Waals surface area contributed by atoms with Crippen molar-refractivity contribution in [2.24, 2.45) is 11.8 Å². The Morgan fingerprint density at radius 1 is 1.22 bits per heavy atom. The third kappa shape index (κ3) is 9.06. The van der Waals surface area contributed by atoms with E-state index in [0.29, 0.717) is 11.7 Å². The van der Waals surface area contributed by atoms with Crippen LogP contribution in [0.4, 0.5) is 0 Å². The van der Waals surface area contributed by atoms with Crippen molar-refractivity contribution in [1.82, 2.24) is 15.1 Å². The summed E-state index contributed by atoms with van der Waals surface area (Å²) in [7, 11) is 2.13. The Morgan fingerprint density at radius 2 is 1.89 bits per heavy atom. The van der Waals surface area contributed by atoms with Crippen molar-refractivity contribution in [2.45, 2.75) is 111 Å². The summed E-state index contributed by atoms with van der Waals surface area (Å²) in [5.41, 5.74) is 0. The third-order valence-electron chi connectivity index (χ3n) is 7.79. The topological polar surface area (TPSA) is 83.3 Å². The van der Waals surface area contributed by atoms with Crippen molar-refractivity contribution in [3.8, 4) is 0 Å². The van der Waals surface area contributed by atoms with Gasteiger partial charge in [0.2, 0.25) is 5.91 Å². The summed E-state index contributed by atoms with van der Waals surface area (Å²) < 4.78 is 0. The van der Waals surface area contributed by atoms with Crippen molar-refractivity contribution in [3.63, 3.8) is 0 Å². The highest BCUT2D eigenvalue weighted by molar-refractivity contribution is 7.12. The third-order valence-corrected chi connectivity index (χ3v) is 9.14. The fraction of sp³-hybridized carbons (Fsp3) is 0.700. The molecule has 3 unspecified atom stereocenters. The molecule has 0 aromatic carbocycles. The van der Waals surface area contributed by atoms with Gasteiger partial charge in [-0.15, -0.1) is 17.9 Å². The molecule has 6 nitrogen and oxygen atoms in total. The van der Waals surface area contributed by atoms with Gasteiger partial charge in [0.25, 0.3) is 0 Å². The second kappa shape index (κ2) is 15.4. The number of carbonyl (C=O) groups is 1. The van der Waals surface area contributed by atoms with Crippen molar-refractivity contribution < 1.29 is 4.79 Å². The van der Waals surface area contributed by atoms with Crippen LogP contribution in [0.3, 0.4) is 0 Å². The number of thiophene rings is 1. The number of aryl methyl sites for hydroxylation is 1. The highest BCUT2D eigenvalue weighted by Crippen LogP contribution is 2.29. The molecule has 0 radical (unpaired) electrons. The minimum Gasteiger partial charge on any atom is -0.348 e. The molecule has 0 spiro atoms. The van der Waals surface area contributed by atoms with E-state index in [1.165, 1.54) is 16.2 Å². The predicted octanol–water partition coefficient (Wildman–Crippen LogP) is 7.03. The summed E-state index contributed by atoms with van der Waals surface area (Å²) in [6.07, 6.45) is 11.1. The first-order valence-electron chi connectivity index (χ1n) is 14.3. The first-order valence-corrected chi connectivity index (χ1v) is 15.1. The van der Waals surface area contributed by atoms with Gasteiger partial charge in [0.15, 0.2) is 0 Å². The van der Waals surface area contributed by atoms with Crippen molar-refractivity contribution in [2.75, 3.05) is 13.6 Å². The van der Waals surface area contributed by atoms with Gasteiger partial charge >= 0.3 is 0 Å². The molecule has 1 aromatic heterocycles. The summed E-state index contributed by atoms with van der Waals surface area (Å²) in [5, 5.41) is 20.3. The van der Waals surface area contributed by atoms with Gasteiger partial charge in [-0.25, -0.2) is 0 Å². The number of hydrogen-bond acceptors (Lipinski definition) is 5. The Bertz CT molecular complexity index is 888. The Balaban J connectivity index is 2.11. The first-order chi connectivity index (χ1) is 17.6. The molecule has 7 heteroatoms. The van der Waals surface area contributed by atoms with Crippen LogP contribution in [0.1, 0.15) is 102 Å². The quantitative estimate of drug-likeness (QED) is 0.137. The van der Waals surface area contributed by atoms with Gasteiger partial charge in [-0.05, 0) is 64.6 Å². The van der Waals surface area contributed by atoms with E-state index in [-0.39, 0.29) is 35.9 Å². The average Bonchev–Trinajstić information content (AvgIpc) is 3.37. The Labute approximate surface area is 229 Å². The lowest BCUT2D eigenvalue weighted by Gasteiger charge is -2.37. The number of carbonyl (C=O) groups excluding carboxylic acids is 1. The second-order valence-corrected chi connectivity index (χ2v) is 12.1. The molecule has 2 rings (SSSR count). The summed E-state index contributed by atoms with van der Waals surface area (Å²) in [5.74, 6) is 1.36. The number of amides is 1. The normalized spacial score (nSPS) is 16.9. The lowest BCUT2D eigenvalue weighted by Crippen LogP contribution is -2.47. The van der Waals surface area contributed by atoms with Crippen LogP contribution in [-0.2, 0) is 11.2 Å². The van der Waals surface area contributed by atoms with Gasteiger partial charge in [0, 0.05) is 40.2 Å². The molecule has 0 saturated heterocycles. The minimum absolute atomic E-state index is 0.0176. The van der Waals surface area contributed by atoms with Gasteiger partial charge in [0.1, 0.15) is 5.84 Å². The van der Waals surface area contributed by atoms with Crippen LogP contribution in [0, 0.1) is 22.7 Å². The van der Waals surface area contributed by atoms with E-state index in [1.54, 1.807) is 6.92 Å². The Morgan fingerprint density at radius 3 is 2.41 bits per heavy atom. The van der Waals surface area contributed by atoms with E-state index in [4.69, 9.17) is 10.8 Å². The number of nitrogens with zero attached hydrogens (tertiary/aromatic N) is 2. The zero-order valence-corrected chi connectivity index (χ0v) is 24.9. The molecule has 1 fully saturated rings. The van der Waals surface area contributed by atoms with Crippen molar-refractivity contribution in [3.05, 3.63) is 34.5 Å². The molecule has 1 aromatic rings. The lowest BCUT2D eigenvalue weighted by molar-refractivity contribution is -0.126. The van der Waals surface area contributed by atoms with E-state index < -0.39 is 0 Å². The van der Waals surface area contributed by atoms with Gasteiger partial charge in [-0.1, -0.05) is 53.0 Å². The number of rotatable bonds is 14. The predicted molar refractivity (Wildman–Crippen MR) is 159 cm³/mol. The van der Waals surface area contributed by atoms with E-state index in [0.717, 1.165) is 57.9 Å². The van der Waals surface area contributed by atoms with E-state index in [2.05, 4.69) is 49.8 Å². The fourth-order valence-electron chi connectivity index (χ4n) is 5.33. The molecule has 208 valence electrons. The zero-order chi connectivity index (χ0) is 27.5. The van der Waals surface area contributed by atoms with Gasteiger partial charge < -0.3 is 10.2 Å². The maximum Gasteiger partial charge on any atom is 0.223 e. The number of amidine groups is 2. The standard InChI is InChI=1S/C30H51N5OS/c1-8-24(20-25(9-2)35(22(6)31)29(32)21(4)5)34(7)19-18-27(28-17-16-26(10-3)37-28)33-30(36)23-14-12-11-13-15-23/h8,16-17,21,23-25,27,31-32H,1,9-15,18-20H2,2-7H3,(H,33,36). The van der Waals surface area contributed by atoms with Crippen molar-refractivity contribution >= 4 is 28.9 Å². The largest absolute Gasteiger partial charge is 0.348 e. The van der Waals surface area contributed by atoms with Gasteiger partial charge in [0.05, 0.1) is 11.9 Å².